The van der Waals surface area contributed by atoms with E-state index in [0.29, 0.717) is 23.7 Å². The number of anilines is 1. The normalized spacial score (nSPS) is 10.2. The van der Waals surface area contributed by atoms with Crippen LogP contribution < -0.4 is 11.1 Å². The van der Waals surface area contributed by atoms with E-state index in [9.17, 15) is 4.79 Å². The molecule has 1 aromatic carbocycles. The highest BCUT2D eigenvalue weighted by molar-refractivity contribution is 6.04. The molecule has 2 rings (SSSR count). The second-order valence-electron chi connectivity index (χ2n) is 3.64. The van der Waals surface area contributed by atoms with E-state index < -0.39 is 0 Å². The number of nitrogens with two attached hydrogens (primary N) is 1. The number of hydrogen-bond donors (Lipinski definition) is 2. The number of hydrogen-bond acceptors (Lipinski definition) is 4. The highest BCUT2D eigenvalue weighted by atomic mass is 16.5. The van der Waals surface area contributed by atoms with Crippen molar-refractivity contribution in [3.8, 4) is 0 Å². The predicted molar refractivity (Wildman–Crippen MR) is 63.5 cm³/mol. The molecule has 5 nitrogen and oxygen atoms in total. The van der Waals surface area contributed by atoms with E-state index in [2.05, 4.69) is 10.5 Å². The summed E-state index contributed by atoms with van der Waals surface area (Å²) in [5.41, 5.74) is 6.92. The van der Waals surface area contributed by atoms with E-state index in [-0.39, 0.29) is 5.91 Å². The molecule has 0 saturated carbocycles. The Labute approximate surface area is 98.6 Å². The van der Waals surface area contributed by atoms with Gasteiger partial charge < -0.3 is 15.6 Å². The Morgan fingerprint density at radius 2 is 2.24 bits per heavy atom. The van der Waals surface area contributed by atoms with Gasteiger partial charge in [-0.15, -0.1) is 0 Å². The standard InChI is InChI=1S/C12H13N3O2/c1-8-6-11(15-17-8)14-12(16)10-5-3-2-4-9(10)7-13/h2-6H,7,13H2,1H3,(H,14,15,16). The lowest BCUT2D eigenvalue weighted by molar-refractivity contribution is 0.102. The maximum atomic E-state index is 12.0. The number of benzene rings is 1. The van der Waals surface area contributed by atoms with Crippen molar-refractivity contribution in [2.75, 3.05) is 5.32 Å². The van der Waals surface area contributed by atoms with Gasteiger partial charge in [0.05, 0.1) is 0 Å². The van der Waals surface area contributed by atoms with Crippen LogP contribution in [0.15, 0.2) is 34.9 Å². The molecule has 2 aromatic rings. The van der Waals surface area contributed by atoms with Crippen LogP contribution in [0.3, 0.4) is 0 Å². The summed E-state index contributed by atoms with van der Waals surface area (Å²) in [7, 11) is 0. The lowest BCUT2D eigenvalue weighted by Gasteiger charge is -2.06. The first-order chi connectivity index (χ1) is 8.20. The van der Waals surface area contributed by atoms with E-state index >= 15 is 0 Å². The number of rotatable bonds is 3. The summed E-state index contributed by atoms with van der Waals surface area (Å²) in [6.07, 6.45) is 0. The smallest absolute Gasteiger partial charge is 0.257 e. The van der Waals surface area contributed by atoms with Crippen molar-refractivity contribution in [3.05, 3.63) is 47.2 Å². The molecule has 0 bridgehead atoms. The van der Waals surface area contributed by atoms with Crippen LogP contribution in [-0.2, 0) is 6.54 Å². The van der Waals surface area contributed by atoms with Crippen LogP contribution in [-0.4, -0.2) is 11.1 Å². The van der Waals surface area contributed by atoms with E-state index in [1.165, 1.54) is 0 Å². The summed E-state index contributed by atoms with van der Waals surface area (Å²) in [6.45, 7) is 2.08. The SMILES string of the molecule is Cc1cc(NC(=O)c2ccccc2CN)no1. The van der Waals surface area contributed by atoms with Crippen molar-refractivity contribution in [1.29, 1.82) is 0 Å². The van der Waals surface area contributed by atoms with Crippen LogP contribution in [0.25, 0.3) is 0 Å². The molecule has 0 fully saturated rings. The largest absolute Gasteiger partial charge is 0.360 e. The zero-order valence-corrected chi connectivity index (χ0v) is 9.43. The van der Waals surface area contributed by atoms with Crippen LogP contribution in [0.5, 0.6) is 0 Å². The molecule has 0 atom stereocenters. The summed E-state index contributed by atoms with van der Waals surface area (Å²) in [4.78, 5) is 12.0. The third-order valence-corrected chi connectivity index (χ3v) is 2.35. The highest BCUT2D eigenvalue weighted by Gasteiger charge is 2.11. The number of amides is 1. The Morgan fingerprint density at radius 3 is 2.88 bits per heavy atom. The zero-order valence-electron chi connectivity index (χ0n) is 9.43. The van der Waals surface area contributed by atoms with E-state index in [1.54, 1.807) is 25.1 Å². The Hall–Kier alpha value is -2.14. The molecule has 88 valence electrons. The van der Waals surface area contributed by atoms with Gasteiger partial charge in [-0.2, -0.15) is 0 Å². The van der Waals surface area contributed by atoms with Crippen molar-refractivity contribution in [1.82, 2.24) is 5.16 Å². The molecule has 0 radical (unpaired) electrons. The fourth-order valence-corrected chi connectivity index (χ4v) is 1.53. The third kappa shape index (κ3) is 2.51. The summed E-state index contributed by atoms with van der Waals surface area (Å²) >= 11 is 0. The van der Waals surface area contributed by atoms with Gasteiger partial charge in [0.1, 0.15) is 5.76 Å². The predicted octanol–water partition coefficient (Wildman–Crippen LogP) is 1.69. The van der Waals surface area contributed by atoms with Crippen LogP contribution in [0.4, 0.5) is 5.82 Å². The fraction of sp³-hybridized carbons (Fsp3) is 0.167. The van der Waals surface area contributed by atoms with Crippen LogP contribution >= 0.6 is 0 Å². The maximum Gasteiger partial charge on any atom is 0.257 e. The van der Waals surface area contributed by atoms with Crippen molar-refractivity contribution in [2.45, 2.75) is 13.5 Å². The van der Waals surface area contributed by atoms with Gasteiger partial charge >= 0.3 is 0 Å². The lowest BCUT2D eigenvalue weighted by Crippen LogP contribution is -2.15. The molecule has 0 unspecified atom stereocenters. The van der Waals surface area contributed by atoms with Crippen molar-refractivity contribution >= 4 is 11.7 Å². The summed E-state index contributed by atoms with van der Waals surface area (Å²) in [5.74, 6) is 0.811. The second kappa shape index (κ2) is 4.80. The zero-order chi connectivity index (χ0) is 12.3. The first-order valence-corrected chi connectivity index (χ1v) is 5.23. The molecule has 1 heterocycles. The number of aryl methyl sites for hydroxylation is 1. The quantitative estimate of drug-likeness (QED) is 0.842. The van der Waals surface area contributed by atoms with E-state index in [4.69, 9.17) is 10.3 Å². The van der Waals surface area contributed by atoms with Gasteiger partial charge in [0, 0.05) is 18.2 Å². The number of carbonyl (C=O) groups excluding carboxylic acids is 1. The van der Waals surface area contributed by atoms with Crippen LogP contribution in [0.1, 0.15) is 21.7 Å². The van der Waals surface area contributed by atoms with Gasteiger partial charge in [0.15, 0.2) is 5.82 Å². The molecule has 3 N–H and O–H groups in total. The highest BCUT2D eigenvalue weighted by Crippen LogP contribution is 2.12. The minimum atomic E-state index is -0.237. The topological polar surface area (TPSA) is 81.2 Å². The van der Waals surface area contributed by atoms with Crippen molar-refractivity contribution < 1.29 is 9.32 Å². The second-order valence-corrected chi connectivity index (χ2v) is 3.64. The van der Waals surface area contributed by atoms with Crippen LogP contribution in [0, 0.1) is 6.92 Å². The first kappa shape index (κ1) is 11.3. The van der Waals surface area contributed by atoms with Gasteiger partial charge in [-0.05, 0) is 18.6 Å². The molecular formula is C12H13N3O2. The van der Waals surface area contributed by atoms with Gasteiger partial charge in [-0.3, -0.25) is 4.79 Å². The minimum Gasteiger partial charge on any atom is -0.360 e. The van der Waals surface area contributed by atoms with Gasteiger partial charge in [0.25, 0.3) is 5.91 Å². The molecule has 0 aliphatic rings. The van der Waals surface area contributed by atoms with Crippen molar-refractivity contribution in [3.63, 3.8) is 0 Å². The number of carbonyl (C=O) groups is 1. The molecular weight excluding hydrogens is 218 g/mol. The number of nitrogens with zero attached hydrogens (tertiary/aromatic N) is 1. The Balaban J connectivity index is 2.20. The van der Waals surface area contributed by atoms with E-state index in [0.717, 1.165) is 5.56 Å². The summed E-state index contributed by atoms with van der Waals surface area (Å²) in [5, 5.41) is 6.35. The Morgan fingerprint density at radius 1 is 1.47 bits per heavy atom. The van der Waals surface area contributed by atoms with Gasteiger partial charge in [-0.25, -0.2) is 0 Å². The summed E-state index contributed by atoms with van der Waals surface area (Å²) in [6, 6.07) is 8.84. The van der Waals surface area contributed by atoms with E-state index in [1.807, 2.05) is 12.1 Å². The monoisotopic (exact) mass is 231 g/mol. The van der Waals surface area contributed by atoms with Crippen molar-refractivity contribution in [2.24, 2.45) is 5.73 Å². The molecule has 0 spiro atoms. The molecule has 5 heteroatoms. The first-order valence-electron chi connectivity index (χ1n) is 5.23. The van der Waals surface area contributed by atoms with Gasteiger partial charge in [-0.1, -0.05) is 23.4 Å². The Kier molecular flexibility index (Phi) is 3.20. The summed E-state index contributed by atoms with van der Waals surface area (Å²) < 4.78 is 4.87. The minimum absolute atomic E-state index is 0.237. The molecule has 1 amide bonds. The average molecular weight is 231 g/mol. The fourth-order valence-electron chi connectivity index (χ4n) is 1.53. The molecule has 17 heavy (non-hydrogen) atoms. The number of aromatic nitrogens is 1. The lowest BCUT2D eigenvalue weighted by atomic mass is 10.1. The molecule has 0 aliphatic carbocycles. The van der Waals surface area contributed by atoms with Gasteiger partial charge in [0.2, 0.25) is 0 Å². The molecule has 0 aliphatic heterocycles. The third-order valence-electron chi connectivity index (χ3n) is 2.35. The Bertz CT molecular complexity index is 534. The number of nitrogens with one attached hydrogen (secondary N) is 1. The molecule has 1 aromatic heterocycles. The average Bonchev–Trinajstić information content (AvgIpc) is 2.74. The maximum absolute atomic E-state index is 12.0. The molecule has 0 saturated heterocycles. The van der Waals surface area contributed by atoms with Crippen LogP contribution in [0.2, 0.25) is 0 Å².